The number of Topliss-reactive ketones (excluding diaryl/α,β-unsaturated/α-hetero) is 1. The number of anilines is 1. The summed E-state index contributed by atoms with van der Waals surface area (Å²) < 4.78 is 10.2. The fourth-order valence-corrected chi connectivity index (χ4v) is 1.16. The van der Waals surface area contributed by atoms with Gasteiger partial charge in [-0.1, -0.05) is 0 Å². The molecule has 0 bridgehead atoms. The minimum absolute atomic E-state index is 0.0767. The molecular weight excluding hydrogens is 194 g/mol. The molecule has 0 aliphatic heterocycles. The third-order valence-corrected chi connectivity index (χ3v) is 1.94. The van der Waals surface area contributed by atoms with Crippen molar-refractivity contribution in [3.63, 3.8) is 0 Å². The summed E-state index contributed by atoms with van der Waals surface area (Å²) in [5, 5.41) is 2.98. The average Bonchev–Trinajstić information content (AvgIpc) is 2.25. The van der Waals surface area contributed by atoms with Crippen molar-refractivity contribution in [2.75, 3.05) is 26.1 Å². The highest BCUT2D eigenvalue weighted by Crippen LogP contribution is 2.28. The zero-order valence-electron chi connectivity index (χ0n) is 9.16. The largest absolute Gasteiger partial charge is 0.497 e. The van der Waals surface area contributed by atoms with Crippen LogP contribution < -0.4 is 14.8 Å². The fourth-order valence-electron chi connectivity index (χ4n) is 1.16. The maximum atomic E-state index is 10.8. The summed E-state index contributed by atoms with van der Waals surface area (Å²) in [6.07, 6.45) is 0. The quantitative estimate of drug-likeness (QED) is 0.801. The van der Waals surface area contributed by atoms with Gasteiger partial charge in [0.05, 0.1) is 26.5 Å². The van der Waals surface area contributed by atoms with Gasteiger partial charge in [-0.15, -0.1) is 0 Å². The molecule has 1 aromatic carbocycles. The van der Waals surface area contributed by atoms with Gasteiger partial charge >= 0.3 is 0 Å². The SMILES string of the molecule is COc1ccc(NCC(C)=O)c(OC)c1. The summed E-state index contributed by atoms with van der Waals surface area (Å²) >= 11 is 0. The number of carbonyl (C=O) groups excluding carboxylic acids is 1. The van der Waals surface area contributed by atoms with E-state index in [1.165, 1.54) is 6.92 Å². The number of carbonyl (C=O) groups is 1. The van der Waals surface area contributed by atoms with Crippen LogP contribution in [0.4, 0.5) is 5.69 Å². The van der Waals surface area contributed by atoms with Crippen LogP contribution in [0.5, 0.6) is 11.5 Å². The number of ether oxygens (including phenoxy) is 2. The Kier molecular flexibility index (Phi) is 3.97. The second-order valence-electron chi connectivity index (χ2n) is 3.12. The van der Waals surface area contributed by atoms with E-state index in [2.05, 4.69) is 5.32 Å². The molecule has 0 atom stereocenters. The van der Waals surface area contributed by atoms with Crippen molar-refractivity contribution < 1.29 is 14.3 Å². The van der Waals surface area contributed by atoms with Crippen LogP contribution in [0.25, 0.3) is 0 Å². The number of benzene rings is 1. The van der Waals surface area contributed by atoms with Crippen molar-refractivity contribution in [3.8, 4) is 11.5 Å². The van der Waals surface area contributed by atoms with E-state index in [0.29, 0.717) is 12.3 Å². The van der Waals surface area contributed by atoms with E-state index in [4.69, 9.17) is 9.47 Å². The van der Waals surface area contributed by atoms with E-state index in [0.717, 1.165) is 11.4 Å². The smallest absolute Gasteiger partial charge is 0.148 e. The van der Waals surface area contributed by atoms with Gasteiger partial charge < -0.3 is 14.8 Å². The first-order valence-electron chi connectivity index (χ1n) is 4.62. The second kappa shape index (κ2) is 5.24. The first-order valence-corrected chi connectivity index (χ1v) is 4.62. The molecule has 82 valence electrons. The molecule has 0 heterocycles. The van der Waals surface area contributed by atoms with Crippen LogP contribution >= 0.6 is 0 Å². The van der Waals surface area contributed by atoms with Crippen LogP contribution in [0.2, 0.25) is 0 Å². The molecule has 4 heteroatoms. The summed E-state index contributed by atoms with van der Waals surface area (Å²) in [5.74, 6) is 1.46. The molecule has 0 aliphatic rings. The summed E-state index contributed by atoms with van der Waals surface area (Å²) in [6, 6.07) is 5.40. The van der Waals surface area contributed by atoms with Gasteiger partial charge in [0, 0.05) is 6.07 Å². The first-order chi connectivity index (χ1) is 7.17. The second-order valence-corrected chi connectivity index (χ2v) is 3.12. The molecule has 1 rings (SSSR count). The predicted octanol–water partition coefficient (Wildman–Crippen LogP) is 1.70. The van der Waals surface area contributed by atoms with Crippen LogP contribution in [-0.2, 0) is 4.79 Å². The molecule has 0 saturated heterocycles. The highest BCUT2D eigenvalue weighted by Gasteiger charge is 2.04. The molecule has 0 spiro atoms. The number of hydrogen-bond acceptors (Lipinski definition) is 4. The Morgan fingerprint density at radius 2 is 2.07 bits per heavy atom. The van der Waals surface area contributed by atoms with Gasteiger partial charge in [-0.25, -0.2) is 0 Å². The van der Waals surface area contributed by atoms with E-state index in [1.807, 2.05) is 12.1 Å². The molecule has 4 nitrogen and oxygen atoms in total. The summed E-state index contributed by atoms with van der Waals surface area (Å²) in [5.41, 5.74) is 0.786. The number of methoxy groups -OCH3 is 2. The third kappa shape index (κ3) is 3.16. The van der Waals surface area contributed by atoms with Gasteiger partial charge in [0.25, 0.3) is 0 Å². The first kappa shape index (κ1) is 11.4. The Bertz CT molecular complexity index is 350. The van der Waals surface area contributed by atoms with Gasteiger partial charge in [-0.2, -0.15) is 0 Å². The molecular formula is C11H15NO3. The minimum atomic E-state index is 0.0767. The minimum Gasteiger partial charge on any atom is -0.497 e. The Morgan fingerprint density at radius 3 is 2.60 bits per heavy atom. The molecule has 0 fully saturated rings. The molecule has 0 amide bonds. The van der Waals surface area contributed by atoms with Gasteiger partial charge in [0.15, 0.2) is 0 Å². The average molecular weight is 209 g/mol. The summed E-state index contributed by atoms with van der Waals surface area (Å²) in [6.45, 7) is 1.83. The lowest BCUT2D eigenvalue weighted by Gasteiger charge is -2.11. The van der Waals surface area contributed by atoms with Crippen molar-refractivity contribution >= 4 is 11.5 Å². The zero-order chi connectivity index (χ0) is 11.3. The van der Waals surface area contributed by atoms with Gasteiger partial charge in [0.2, 0.25) is 0 Å². The van der Waals surface area contributed by atoms with Crippen LogP contribution in [0.3, 0.4) is 0 Å². The standard InChI is InChI=1S/C11H15NO3/c1-8(13)7-12-10-5-4-9(14-2)6-11(10)15-3/h4-6,12H,7H2,1-3H3. The molecule has 0 aliphatic carbocycles. The van der Waals surface area contributed by atoms with Crippen molar-refractivity contribution in [1.29, 1.82) is 0 Å². The van der Waals surface area contributed by atoms with Crippen LogP contribution in [0.15, 0.2) is 18.2 Å². The Balaban J connectivity index is 2.82. The van der Waals surface area contributed by atoms with Crippen LogP contribution in [0, 0.1) is 0 Å². The lowest BCUT2D eigenvalue weighted by atomic mass is 10.2. The molecule has 0 radical (unpaired) electrons. The number of nitrogens with one attached hydrogen (secondary N) is 1. The third-order valence-electron chi connectivity index (χ3n) is 1.94. The van der Waals surface area contributed by atoms with Gasteiger partial charge in [0.1, 0.15) is 17.3 Å². The highest BCUT2D eigenvalue weighted by molar-refractivity contribution is 5.81. The van der Waals surface area contributed by atoms with Crippen LogP contribution in [-0.4, -0.2) is 26.5 Å². The lowest BCUT2D eigenvalue weighted by molar-refractivity contribution is -0.115. The highest BCUT2D eigenvalue weighted by atomic mass is 16.5. The topological polar surface area (TPSA) is 47.6 Å². The fraction of sp³-hybridized carbons (Fsp3) is 0.364. The number of rotatable bonds is 5. The van der Waals surface area contributed by atoms with E-state index >= 15 is 0 Å². The van der Waals surface area contributed by atoms with E-state index in [-0.39, 0.29) is 5.78 Å². The maximum absolute atomic E-state index is 10.8. The molecule has 1 N–H and O–H groups in total. The molecule has 0 aromatic heterocycles. The summed E-state index contributed by atoms with van der Waals surface area (Å²) in [4.78, 5) is 10.8. The number of ketones is 1. The Hall–Kier alpha value is -1.71. The zero-order valence-corrected chi connectivity index (χ0v) is 9.16. The Labute approximate surface area is 89.2 Å². The van der Waals surface area contributed by atoms with Gasteiger partial charge in [-0.3, -0.25) is 4.79 Å². The lowest BCUT2D eigenvalue weighted by Crippen LogP contribution is -2.10. The van der Waals surface area contributed by atoms with E-state index in [1.54, 1.807) is 20.3 Å². The molecule has 0 saturated carbocycles. The molecule has 1 aromatic rings. The normalized spacial score (nSPS) is 9.53. The number of hydrogen-bond donors (Lipinski definition) is 1. The summed E-state index contributed by atoms with van der Waals surface area (Å²) in [7, 11) is 3.17. The Morgan fingerprint density at radius 1 is 1.33 bits per heavy atom. The van der Waals surface area contributed by atoms with Crippen molar-refractivity contribution in [2.24, 2.45) is 0 Å². The monoisotopic (exact) mass is 209 g/mol. The van der Waals surface area contributed by atoms with Crippen molar-refractivity contribution in [3.05, 3.63) is 18.2 Å². The van der Waals surface area contributed by atoms with Crippen molar-refractivity contribution in [1.82, 2.24) is 0 Å². The van der Waals surface area contributed by atoms with E-state index < -0.39 is 0 Å². The van der Waals surface area contributed by atoms with Crippen molar-refractivity contribution in [2.45, 2.75) is 6.92 Å². The molecule has 15 heavy (non-hydrogen) atoms. The van der Waals surface area contributed by atoms with Gasteiger partial charge in [-0.05, 0) is 19.1 Å². The predicted molar refractivity (Wildman–Crippen MR) is 58.7 cm³/mol. The van der Waals surface area contributed by atoms with Crippen LogP contribution in [0.1, 0.15) is 6.92 Å². The molecule has 0 unspecified atom stereocenters. The maximum Gasteiger partial charge on any atom is 0.148 e. The van der Waals surface area contributed by atoms with E-state index in [9.17, 15) is 4.79 Å².